The van der Waals surface area contributed by atoms with E-state index in [-0.39, 0.29) is 75.6 Å². The number of hydrogen-bond donors (Lipinski definition) is 3. The monoisotopic (exact) mass is 1110 g/mol. The zero-order chi connectivity index (χ0) is 56.7. The lowest BCUT2D eigenvalue weighted by molar-refractivity contribution is -0.120. The number of nitrogens with zero attached hydrogens (tertiary/aromatic N) is 4. The van der Waals surface area contributed by atoms with E-state index in [1.54, 1.807) is 33.0 Å². The first kappa shape index (κ1) is 59.8. The lowest BCUT2D eigenvalue weighted by Gasteiger charge is -2.37. The van der Waals surface area contributed by atoms with Gasteiger partial charge in [-0.15, -0.1) is 0 Å². The second kappa shape index (κ2) is 30.5. The highest BCUT2D eigenvalue weighted by atomic mass is 31.2. The molecule has 5 atom stereocenters. The minimum atomic E-state index is -1.88. The van der Waals surface area contributed by atoms with Gasteiger partial charge in [-0.05, 0) is 79.0 Å². The molecular weight excluding hydrogens is 1040 g/mol. The van der Waals surface area contributed by atoms with Crippen molar-refractivity contribution in [1.29, 1.82) is 5.26 Å². The van der Waals surface area contributed by atoms with Crippen molar-refractivity contribution in [3.8, 4) is 29.4 Å². The van der Waals surface area contributed by atoms with Gasteiger partial charge in [-0.3, -0.25) is 34.6 Å². The van der Waals surface area contributed by atoms with Crippen LogP contribution in [-0.2, 0) is 56.0 Å². The molecule has 5 aromatic carbocycles. The first-order valence-electron chi connectivity index (χ1n) is 25.9. The number of carbonyl (C=O) groups excluding carboxylic acids is 2. The molecule has 2 heterocycles. The molecule has 0 aliphatic carbocycles. The number of aliphatic imine (C=N–C) groups is 1. The number of carbonyl (C=O) groups is 2. The van der Waals surface area contributed by atoms with Crippen molar-refractivity contribution < 1.29 is 47.1 Å². The van der Waals surface area contributed by atoms with E-state index in [4.69, 9.17) is 37.5 Å². The molecule has 19 nitrogen and oxygen atoms in total. The predicted molar refractivity (Wildman–Crippen MR) is 302 cm³/mol. The van der Waals surface area contributed by atoms with Crippen LogP contribution in [0.2, 0.25) is 0 Å². The molecule has 7 rings (SSSR count). The summed E-state index contributed by atoms with van der Waals surface area (Å²) in [4.78, 5) is 60.8. The molecule has 0 radical (unpaired) electrons. The Morgan fingerprint density at radius 2 is 1.30 bits per heavy atom. The SMILES string of the molecule is COCCO[C@@H]1[C@H](OP(OCCC#N)N(C)C)[C@@H](COC(c2ccccc2)(c2ccc(OC)cc2)c2ccc(OC)cc2)O[C@H]1n1cc(C#CCN=C(NC(=O)CCc2ccccc2)NC(=O)CCc2ccccc2)c(=O)[nH]c1=O. The molecule has 3 N–H and O–H groups in total. The summed E-state index contributed by atoms with van der Waals surface area (Å²) in [5.41, 5.74) is 1.14. The molecule has 418 valence electrons. The Hall–Kier alpha value is -7.81. The first-order valence-corrected chi connectivity index (χ1v) is 27.0. The molecule has 0 bridgehead atoms. The molecule has 0 saturated carbocycles. The van der Waals surface area contributed by atoms with E-state index in [1.807, 2.05) is 140 Å². The molecule has 6 aromatic rings. The van der Waals surface area contributed by atoms with E-state index in [9.17, 15) is 24.4 Å². The van der Waals surface area contributed by atoms with Gasteiger partial charge in [0.1, 0.15) is 47.5 Å². The third-order valence-corrected chi connectivity index (χ3v) is 14.2. The number of amides is 2. The molecule has 1 aliphatic rings. The van der Waals surface area contributed by atoms with Gasteiger partial charge in [-0.25, -0.2) is 14.5 Å². The third kappa shape index (κ3) is 16.4. The summed E-state index contributed by atoms with van der Waals surface area (Å²) in [6.07, 6.45) is -1.87. The van der Waals surface area contributed by atoms with Crippen LogP contribution in [0, 0.1) is 23.2 Å². The zero-order valence-corrected chi connectivity index (χ0v) is 46.3. The normalized spacial score (nSPS) is 16.2. The number of aryl methyl sites for hydroxylation is 2. The van der Waals surface area contributed by atoms with Crippen LogP contribution in [0.3, 0.4) is 0 Å². The van der Waals surface area contributed by atoms with E-state index in [0.29, 0.717) is 24.3 Å². The molecule has 80 heavy (non-hydrogen) atoms. The number of benzene rings is 5. The molecule has 0 spiro atoms. The quantitative estimate of drug-likeness (QED) is 0.0127. The van der Waals surface area contributed by atoms with Crippen molar-refractivity contribution in [1.82, 2.24) is 24.9 Å². The van der Waals surface area contributed by atoms with Crippen LogP contribution in [0.5, 0.6) is 11.5 Å². The summed E-state index contributed by atoms with van der Waals surface area (Å²) >= 11 is 0. The molecular formula is C60H66N7O12P. The predicted octanol–water partition coefficient (Wildman–Crippen LogP) is 6.80. The van der Waals surface area contributed by atoms with E-state index in [1.165, 1.54) is 17.9 Å². The second-order valence-electron chi connectivity index (χ2n) is 18.3. The van der Waals surface area contributed by atoms with E-state index in [0.717, 1.165) is 27.8 Å². The minimum Gasteiger partial charge on any atom is -0.497 e. The fourth-order valence-electron chi connectivity index (χ4n) is 8.75. The second-order valence-corrected chi connectivity index (χ2v) is 20.1. The van der Waals surface area contributed by atoms with Crippen LogP contribution in [-0.4, -0.2) is 119 Å². The summed E-state index contributed by atoms with van der Waals surface area (Å²) in [5.74, 6) is 6.06. The average molecular weight is 1110 g/mol. The Morgan fingerprint density at radius 1 is 0.750 bits per heavy atom. The van der Waals surface area contributed by atoms with Gasteiger partial charge in [0.2, 0.25) is 17.8 Å². The lowest BCUT2D eigenvalue weighted by Crippen LogP contribution is -2.44. The van der Waals surface area contributed by atoms with Crippen LogP contribution in [0.4, 0.5) is 0 Å². The molecule has 20 heteroatoms. The maximum Gasteiger partial charge on any atom is 0.330 e. The fraction of sp³-hybridized carbons (Fsp3) is 0.333. The number of hydrogen-bond acceptors (Lipinski definition) is 15. The van der Waals surface area contributed by atoms with Gasteiger partial charge in [0.05, 0.1) is 53.1 Å². The maximum absolute atomic E-state index is 14.1. The van der Waals surface area contributed by atoms with Gasteiger partial charge in [0, 0.05) is 26.1 Å². The summed E-state index contributed by atoms with van der Waals surface area (Å²) in [7, 11) is 6.38. The Kier molecular flexibility index (Phi) is 22.8. The Morgan fingerprint density at radius 3 is 1.82 bits per heavy atom. The molecule has 1 saturated heterocycles. The van der Waals surface area contributed by atoms with Crippen LogP contribution >= 0.6 is 8.53 Å². The highest BCUT2D eigenvalue weighted by Crippen LogP contribution is 2.48. The highest BCUT2D eigenvalue weighted by molar-refractivity contribution is 7.44. The molecule has 1 unspecified atom stereocenters. The fourth-order valence-corrected chi connectivity index (χ4v) is 9.95. The van der Waals surface area contributed by atoms with Gasteiger partial charge >= 0.3 is 5.69 Å². The Balaban J connectivity index is 1.24. The summed E-state index contributed by atoms with van der Waals surface area (Å²) in [6, 6.07) is 45.9. The number of nitriles is 1. The van der Waals surface area contributed by atoms with Gasteiger partial charge in [0.25, 0.3) is 14.1 Å². The van der Waals surface area contributed by atoms with Crippen molar-refractivity contribution in [2.24, 2.45) is 4.99 Å². The van der Waals surface area contributed by atoms with Gasteiger partial charge in [-0.1, -0.05) is 127 Å². The number of aromatic nitrogens is 2. The van der Waals surface area contributed by atoms with Crippen molar-refractivity contribution >= 4 is 26.3 Å². The standard InChI is InChI=1S/C60H66N7O12P/c1-66(2)80(77-38-16-36-61)79-54-51(42-76-60(46-22-13-8-14-23-46,47-26-30-49(73-4)31-27-47)48-28-32-50(74-5)33-29-48)78-57(55(54)75-40-39-72-3)67-41-45(56(70)65-59(67)71)21-15-37-62-58(63-52(68)34-24-43-17-9-6-10-18-43)64-53(69)35-25-44-19-11-7-12-20-44/h6-14,17-20,22-23,26-33,41,51,54-55,57H,16,24-25,34-35,37-40,42H2,1-5H3,(H,65,70,71)(H2,62,63,64,68,69)/t51-,54-,55-,57-,80?/m1/s1. The Bertz CT molecular complexity index is 3070. The van der Waals surface area contributed by atoms with Crippen molar-refractivity contribution in [3.05, 3.63) is 200 Å². The third-order valence-electron chi connectivity index (χ3n) is 12.7. The average Bonchev–Trinajstić information content (AvgIpc) is 3.88. The first-order chi connectivity index (χ1) is 39.0. The zero-order valence-electron chi connectivity index (χ0n) is 45.4. The highest BCUT2D eigenvalue weighted by Gasteiger charge is 2.51. The Labute approximate surface area is 466 Å². The molecule has 2 amide bonds. The van der Waals surface area contributed by atoms with E-state index in [2.05, 4.69) is 38.5 Å². The lowest BCUT2D eigenvalue weighted by atomic mass is 9.80. The largest absolute Gasteiger partial charge is 0.497 e. The number of nitrogens with one attached hydrogen (secondary N) is 3. The molecule has 1 aromatic heterocycles. The van der Waals surface area contributed by atoms with Crippen LogP contribution in [0.1, 0.15) is 58.9 Å². The molecule has 1 aliphatic heterocycles. The smallest absolute Gasteiger partial charge is 0.330 e. The number of H-pyrrole nitrogens is 1. The van der Waals surface area contributed by atoms with Crippen molar-refractivity contribution in [2.75, 3.05) is 68.4 Å². The number of rotatable bonds is 26. The minimum absolute atomic E-state index is 0.0337. The summed E-state index contributed by atoms with van der Waals surface area (Å²) in [6.45, 7) is -0.190. The van der Waals surface area contributed by atoms with Gasteiger partial charge in [0.15, 0.2) is 6.23 Å². The number of aromatic amines is 1. The van der Waals surface area contributed by atoms with E-state index < -0.39 is 49.9 Å². The van der Waals surface area contributed by atoms with Crippen molar-refractivity contribution in [3.63, 3.8) is 0 Å². The maximum atomic E-state index is 14.1. The number of guanidine groups is 1. The van der Waals surface area contributed by atoms with Crippen molar-refractivity contribution in [2.45, 2.75) is 62.2 Å². The molecule has 1 fully saturated rings. The number of methoxy groups -OCH3 is 3. The van der Waals surface area contributed by atoms with Crippen LogP contribution in [0.15, 0.2) is 160 Å². The van der Waals surface area contributed by atoms with E-state index >= 15 is 0 Å². The van der Waals surface area contributed by atoms with Gasteiger partial charge in [-0.2, -0.15) is 5.26 Å². The number of ether oxygens (including phenoxy) is 6. The summed E-state index contributed by atoms with van der Waals surface area (Å²) in [5, 5.41) is 14.8. The van der Waals surface area contributed by atoms with Crippen LogP contribution in [0.25, 0.3) is 0 Å². The van der Waals surface area contributed by atoms with Gasteiger partial charge < -0.3 is 37.5 Å². The topological polar surface area (TPSA) is 226 Å². The summed E-state index contributed by atoms with van der Waals surface area (Å²) < 4.78 is 53.2. The van der Waals surface area contributed by atoms with Crippen LogP contribution < -0.4 is 31.4 Å².